The summed E-state index contributed by atoms with van der Waals surface area (Å²) in [5.41, 5.74) is 3.32. The maximum atomic E-state index is 13.9. The minimum absolute atomic E-state index is 0.00918. The van der Waals surface area contributed by atoms with Gasteiger partial charge in [-0.15, -0.1) is 0 Å². The Bertz CT molecular complexity index is 2170. The third-order valence-corrected chi connectivity index (χ3v) is 14.0. The van der Waals surface area contributed by atoms with E-state index in [9.17, 15) is 9.59 Å². The van der Waals surface area contributed by atoms with Crippen molar-refractivity contribution in [3.63, 3.8) is 0 Å². The van der Waals surface area contributed by atoms with Gasteiger partial charge in [-0.1, -0.05) is 199 Å². The van der Waals surface area contributed by atoms with Gasteiger partial charge in [0.15, 0.2) is 11.5 Å². The van der Waals surface area contributed by atoms with E-state index in [1.54, 1.807) is 19.1 Å². The second kappa shape index (κ2) is 46.6. The highest BCUT2D eigenvalue weighted by molar-refractivity contribution is 5.91. The van der Waals surface area contributed by atoms with Crippen molar-refractivity contribution in [2.75, 3.05) is 72.7 Å². The van der Waals surface area contributed by atoms with Crippen molar-refractivity contribution in [2.24, 2.45) is 0 Å². The average molecular weight is 1150 g/mol. The molecule has 0 aromatic heterocycles. The molecule has 0 atom stereocenters. The van der Waals surface area contributed by atoms with Gasteiger partial charge in [-0.25, -0.2) is 9.59 Å². The van der Waals surface area contributed by atoms with Gasteiger partial charge < -0.3 is 52.1 Å². The lowest BCUT2D eigenvalue weighted by Gasteiger charge is -2.19. The van der Waals surface area contributed by atoms with Gasteiger partial charge in [-0.3, -0.25) is 0 Å². The number of esters is 2. The third kappa shape index (κ3) is 33.4. The molecule has 0 spiro atoms. The number of rotatable bonds is 53. The Morgan fingerprint density at radius 2 is 0.651 bits per heavy atom. The van der Waals surface area contributed by atoms with Crippen LogP contribution >= 0.6 is 0 Å². The Balaban J connectivity index is 1.44. The van der Waals surface area contributed by atoms with Crippen LogP contribution in [-0.2, 0) is 48.3 Å². The summed E-state index contributed by atoms with van der Waals surface area (Å²) in [4.78, 5) is 25.4. The van der Waals surface area contributed by atoms with E-state index in [0.717, 1.165) is 53.2 Å². The lowest BCUT2D eigenvalue weighted by molar-refractivity contribution is -0.140. The normalized spacial score (nSPS) is 11.1. The highest BCUT2D eigenvalue weighted by Gasteiger charge is 2.21. The SMILES string of the molecule is C=C(C)C(=O)OCCOCCOCCOCCOC(=O)c1cc(OCc2ccc(OCCCCCCCCCC)cc2)c(OCc2ccc(OCCCCCCCCCC)cc2)c(OCc2ccc(OCCCCCCCCCC)cc2)c1. The van der Waals surface area contributed by atoms with Crippen molar-refractivity contribution in [2.45, 2.75) is 202 Å². The molecule has 462 valence electrons. The zero-order valence-electron chi connectivity index (χ0n) is 51.5. The molecule has 13 nitrogen and oxygen atoms in total. The fraction of sp³-hybridized carbons (Fsp3) is 0.600. The van der Waals surface area contributed by atoms with Gasteiger partial charge in [0, 0.05) is 5.57 Å². The number of carbonyl (C=O) groups excluding carboxylic acids is 2. The van der Waals surface area contributed by atoms with E-state index in [1.165, 1.54) is 135 Å². The van der Waals surface area contributed by atoms with Crippen molar-refractivity contribution >= 4 is 11.9 Å². The van der Waals surface area contributed by atoms with Crippen molar-refractivity contribution in [1.82, 2.24) is 0 Å². The first-order valence-corrected chi connectivity index (χ1v) is 31.7. The predicted molar refractivity (Wildman–Crippen MR) is 332 cm³/mol. The lowest BCUT2D eigenvalue weighted by Crippen LogP contribution is -2.15. The molecule has 0 N–H and O–H groups in total. The van der Waals surface area contributed by atoms with Crippen molar-refractivity contribution in [3.05, 3.63) is 119 Å². The van der Waals surface area contributed by atoms with E-state index >= 15 is 0 Å². The van der Waals surface area contributed by atoms with E-state index in [4.69, 9.17) is 52.1 Å². The number of carbonyl (C=O) groups is 2. The van der Waals surface area contributed by atoms with Crippen LogP contribution in [0.4, 0.5) is 0 Å². The molecule has 0 saturated carbocycles. The van der Waals surface area contributed by atoms with E-state index < -0.39 is 11.9 Å². The topological polar surface area (TPSA) is 136 Å². The van der Waals surface area contributed by atoms with Gasteiger partial charge in [0.2, 0.25) is 5.75 Å². The number of benzene rings is 4. The average Bonchev–Trinajstić information content (AvgIpc) is 3.70. The first-order chi connectivity index (χ1) is 40.8. The van der Waals surface area contributed by atoms with Gasteiger partial charge >= 0.3 is 11.9 Å². The van der Waals surface area contributed by atoms with E-state index in [0.29, 0.717) is 69.1 Å². The predicted octanol–water partition coefficient (Wildman–Crippen LogP) is 17.3. The monoisotopic (exact) mass is 1150 g/mol. The van der Waals surface area contributed by atoms with Gasteiger partial charge in [0.25, 0.3) is 0 Å². The summed E-state index contributed by atoms with van der Waals surface area (Å²) in [6.45, 7) is 16.4. The summed E-state index contributed by atoms with van der Waals surface area (Å²) in [7, 11) is 0. The molecular formula is C70H104O13. The number of hydrogen-bond acceptors (Lipinski definition) is 13. The van der Waals surface area contributed by atoms with Crippen LogP contribution in [0.15, 0.2) is 97.1 Å². The van der Waals surface area contributed by atoms with Gasteiger partial charge in [0.05, 0.1) is 65.0 Å². The smallest absolute Gasteiger partial charge is 0.338 e. The highest BCUT2D eigenvalue weighted by atomic mass is 16.6. The molecule has 0 unspecified atom stereocenters. The van der Waals surface area contributed by atoms with E-state index in [-0.39, 0.29) is 51.8 Å². The Kier molecular flexibility index (Phi) is 39.1. The number of hydrogen-bond donors (Lipinski definition) is 0. The summed E-state index contributed by atoms with van der Waals surface area (Å²) in [6.07, 6.45) is 29.9. The van der Waals surface area contributed by atoms with E-state index in [2.05, 4.69) is 27.4 Å². The van der Waals surface area contributed by atoms with Crippen LogP contribution in [0.3, 0.4) is 0 Å². The van der Waals surface area contributed by atoms with Crippen molar-refractivity contribution in [3.8, 4) is 34.5 Å². The molecular weight excluding hydrogens is 1050 g/mol. The van der Waals surface area contributed by atoms with Gasteiger partial charge in [-0.05, 0) is 91.4 Å². The molecule has 0 saturated heterocycles. The fourth-order valence-corrected chi connectivity index (χ4v) is 8.99. The molecule has 0 amide bonds. The van der Waals surface area contributed by atoms with Crippen LogP contribution in [0.1, 0.15) is 209 Å². The van der Waals surface area contributed by atoms with Crippen LogP contribution in [0, 0.1) is 0 Å². The highest BCUT2D eigenvalue weighted by Crippen LogP contribution is 2.41. The number of ether oxygens (including phenoxy) is 11. The Morgan fingerprint density at radius 1 is 0.349 bits per heavy atom. The maximum Gasteiger partial charge on any atom is 0.338 e. The molecule has 0 heterocycles. The van der Waals surface area contributed by atoms with Gasteiger partial charge in [0.1, 0.15) is 50.3 Å². The molecule has 0 aliphatic heterocycles. The third-order valence-electron chi connectivity index (χ3n) is 14.0. The lowest BCUT2D eigenvalue weighted by atomic mass is 10.1. The minimum atomic E-state index is -0.573. The number of unbranched alkanes of at least 4 members (excludes halogenated alkanes) is 21. The second-order valence-electron chi connectivity index (χ2n) is 21.5. The molecule has 13 heteroatoms. The molecule has 0 aliphatic carbocycles. The molecule has 4 aromatic rings. The summed E-state index contributed by atoms with van der Waals surface area (Å²) < 4.78 is 65.6. The largest absolute Gasteiger partial charge is 0.494 e. The molecule has 0 bridgehead atoms. The molecule has 4 rings (SSSR count). The Morgan fingerprint density at radius 3 is 0.988 bits per heavy atom. The van der Waals surface area contributed by atoms with Gasteiger partial charge in [-0.2, -0.15) is 0 Å². The van der Waals surface area contributed by atoms with E-state index in [1.807, 2.05) is 72.8 Å². The molecule has 0 aliphatic rings. The van der Waals surface area contributed by atoms with Crippen LogP contribution in [0.2, 0.25) is 0 Å². The Labute approximate surface area is 499 Å². The van der Waals surface area contributed by atoms with Crippen LogP contribution < -0.4 is 28.4 Å². The quantitative estimate of drug-likeness (QED) is 0.0236. The first-order valence-electron chi connectivity index (χ1n) is 31.7. The Hall–Kier alpha value is -5.76. The minimum Gasteiger partial charge on any atom is -0.494 e. The molecule has 4 aromatic carbocycles. The maximum absolute atomic E-state index is 13.9. The summed E-state index contributed by atoms with van der Waals surface area (Å²) >= 11 is 0. The first kappa shape index (κ1) is 69.7. The van der Waals surface area contributed by atoms with Crippen molar-refractivity contribution in [1.29, 1.82) is 0 Å². The van der Waals surface area contributed by atoms with Crippen LogP contribution in [0.5, 0.6) is 34.5 Å². The summed E-state index contributed by atoms with van der Waals surface area (Å²) in [5.74, 6) is 2.43. The zero-order chi connectivity index (χ0) is 59.1. The molecule has 0 fully saturated rings. The standard InChI is InChI=1S/C70H104O13/c1-6-9-12-15-18-21-24-27-42-76-63-36-30-59(31-37-63)55-81-66-53-62(70(72)80-52-50-75-48-46-73-45-47-74-49-51-79-69(71)58(4)5)54-67(82-56-60-32-38-64(39-33-60)77-43-28-25-22-19-16-13-10-7-2)68(66)83-57-61-34-40-65(41-35-61)78-44-29-26-23-20-17-14-11-8-3/h30-41,53-54H,4,6-29,42-52,55-57H2,1-3,5H3. The fourth-order valence-electron chi connectivity index (χ4n) is 8.99. The second-order valence-corrected chi connectivity index (χ2v) is 21.5. The van der Waals surface area contributed by atoms with Crippen LogP contribution in [0.25, 0.3) is 0 Å². The van der Waals surface area contributed by atoms with Crippen LogP contribution in [-0.4, -0.2) is 84.6 Å². The molecule has 0 radical (unpaired) electrons. The summed E-state index contributed by atoms with van der Waals surface area (Å²) in [6, 6.07) is 27.1. The molecule has 83 heavy (non-hydrogen) atoms. The zero-order valence-corrected chi connectivity index (χ0v) is 51.5. The van der Waals surface area contributed by atoms with Crippen molar-refractivity contribution < 1.29 is 61.7 Å². The summed E-state index contributed by atoms with van der Waals surface area (Å²) in [5, 5.41) is 0.